The summed E-state index contributed by atoms with van der Waals surface area (Å²) in [6.07, 6.45) is 1.78. The van der Waals surface area contributed by atoms with Crippen LogP contribution in [0.25, 0.3) is 0 Å². The number of aliphatic hydroxyl groups is 1. The van der Waals surface area contributed by atoms with Crippen LogP contribution in [0.3, 0.4) is 0 Å². The van der Waals surface area contributed by atoms with Crippen molar-refractivity contribution < 1.29 is 9.84 Å². The Kier molecular flexibility index (Phi) is 1.87. The summed E-state index contributed by atoms with van der Waals surface area (Å²) in [5.41, 5.74) is 1.13. The normalized spacial score (nSPS) is 43.1. The van der Waals surface area contributed by atoms with E-state index in [0.717, 1.165) is 18.6 Å². The lowest BCUT2D eigenvalue weighted by Crippen LogP contribution is -2.56. The van der Waals surface area contributed by atoms with Crippen molar-refractivity contribution >= 4 is 0 Å². The molecule has 2 nitrogen and oxygen atoms in total. The van der Waals surface area contributed by atoms with Crippen molar-refractivity contribution in [2.24, 2.45) is 0 Å². The van der Waals surface area contributed by atoms with Gasteiger partial charge in [0, 0.05) is 11.0 Å². The Morgan fingerprint density at radius 3 is 2.59 bits per heavy atom. The molecule has 0 spiro atoms. The third kappa shape index (κ3) is 1.10. The van der Waals surface area contributed by atoms with Gasteiger partial charge in [-0.25, -0.2) is 0 Å². The highest BCUT2D eigenvalue weighted by molar-refractivity contribution is 5.51. The van der Waals surface area contributed by atoms with Crippen LogP contribution in [-0.2, 0) is 5.41 Å². The summed E-state index contributed by atoms with van der Waals surface area (Å²) in [6.45, 7) is 8.24. The zero-order chi connectivity index (χ0) is 12.5. The maximum atomic E-state index is 10.6. The molecular weight excluding hydrogens is 212 g/mol. The third-order valence-corrected chi connectivity index (χ3v) is 5.24. The predicted molar refractivity (Wildman–Crippen MR) is 67.4 cm³/mol. The molecule has 0 saturated heterocycles. The van der Waals surface area contributed by atoms with Crippen LogP contribution < -0.4 is 4.74 Å². The first kappa shape index (κ1) is 11.1. The first-order chi connectivity index (χ1) is 7.80. The Hall–Kier alpha value is -1.02. The summed E-state index contributed by atoms with van der Waals surface area (Å²) >= 11 is 0. The molecule has 17 heavy (non-hydrogen) atoms. The van der Waals surface area contributed by atoms with Crippen LogP contribution in [0, 0.1) is 6.92 Å². The Labute approximate surface area is 103 Å². The second kappa shape index (κ2) is 2.86. The van der Waals surface area contributed by atoms with Gasteiger partial charge < -0.3 is 9.84 Å². The molecule has 1 saturated carbocycles. The highest BCUT2D eigenvalue weighted by atomic mass is 16.5. The lowest BCUT2D eigenvalue weighted by atomic mass is 9.70. The lowest BCUT2D eigenvalue weighted by Gasteiger charge is -2.40. The number of hydrogen-bond donors (Lipinski definition) is 1. The molecule has 3 atom stereocenters. The smallest absolute Gasteiger partial charge is 0.144 e. The molecule has 2 heteroatoms. The van der Waals surface area contributed by atoms with E-state index >= 15 is 0 Å². The van der Waals surface area contributed by atoms with Crippen molar-refractivity contribution in [1.29, 1.82) is 0 Å². The van der Waals surface area contributed by atoms with E-state index in [2.05, 4.69) is 39.0 Å². The predicted octanol–water partition coefficient (Wildman–Crippen LogP) is 2.95. The van der Waals surface area contributed by atoms with Gasteiger partial charge in [0.25, 0.3) is 0 Å². The number of fused-ring (bicyclic) bond motifs is 3. The molecule has 0 unspecified atom stereocenters. The molecule has 3 rings (SSSR count). The Morgan fingerprint density at radius 1 is 1.18 bits per heavy atom. The molecule has 1 N–H and O–H groups in total. The van der Waals surface area contributed by atoms with E-state index in [1.807, 2.05) is 6.92 Å². The first-order valence-corrected chi connectivity index (χ1v) is 6.33. The van der Waals surface area contributed by atoms with E-state index < -0.39 is 11.2 Å². The van der Waals surface area contributed by atoms with Gasteiger partial charge in [0.1, 0.15) is 17.0 Å². The van der Waals surface area contributed by atoms with Gasteiger partial charge in [-0.15, -0.1) is 0 Å². The summed E-state index contributed by atoms with van der Waals surface area (Å²) in [6, 6.07) is 6.38. The largest absolute Gasteiger partial charge is 0.483 e. The summed E-state index contributed by atoms with van der Waals surface area (Å²) in [5.74, 6) is 0.954. The fraction of sp³-hybridized carbons (Fsp3) is 0.600. The van der Waals surface area contributed by atoms with Crippen LogP contribution in [0.1, 0.15) is 44.7 Å². The van der Waals surface area contributed by atoms with Crippen molar-refractivity contribution in [2.45, 2.75) is 57.2 Å². The summed E-state index contributed by atoms with van der Waals surface area (Å²) in [4.78, 5) is 0. The van der Waals surface area contributed by atoms with Crippen molar-refractivity contribution in [3.05, 3.63) is 29.3 Å². The molecule has 2 aliphatic rings. The molecule has 1 aromatic carbocycles. The second-order valence-corrected chi connectivity index (χ2v) is 6.24. The minimum atomic E-state index is -0.755. The zero-order valence-corrected chi connectivity index (χ0v) is 11.0. The van der Waals surface area contributed by atoms with E-state index in [4.69, 9.17) is 4.74 Å². The number of rotatable bonds is 0. The molecular formula is C15H20O2. The van der Waals surface area contributed by atoms with Crippen molar-refractivity contribution in [1.82, 2.24) is 0 Å². The average molecular weight is 232 g/mol. The average Bonchev–Trinajstić information content (AvgIpc) is 2.55. The van der Waals surface area contributed by atoms with Crippen LogP contribution in [0.15, 0.2) is 18.2 Å². The number of aryl methyl sites for hydroxylation is 1. The molecule has 1 fully saturated rings. The molecule has 1 aliphatic heterocycles. The molecule has 0 bridgehead atoms. The van der Waals surface area contributed by atoms with Crippen molar-refractivity contribution in [3.8, 4) is 5.75 Å². The topological polar surface area (TPSA) is 29.5 Å². The van der Waals surface area contributed by atoms with E-state index in [1.54, 1.807) is 0 Å². The number of benzene rings is 1. The van der Waals surface area contributed by atoms with Gasteiger partial charge in [-0.3, -0.25) is 0 Å². The minimum absolute atomic E-state index is 0.0699. The first-order valence-electron chi connectivity index (χ1n) is 6.33. The molecule has 1 aliphatic carbocycles. The highest BCUT2D eigenvalue weighted by Gasteiger charge is 2.67. The maximum Gasteiger partial charge on any atom is 0.144 e. The van der Waals surface area contributed by atoms with E-state index in [9.17, 15) is 5.11 Å². The summed E-state index contributed by atoms with van der Waals surface area (Å²) in [5, 5.41) is 10.6. The molecule has 92 valence electrons. The van der Waals surface area contributed by atoms with Crippen LogP contribution in [-0.4, -0.2) is 16.3 Å². The van der Waals surface area contributed by atoms with Gasteiger partial charge in [0.05, 0.1) is 0 Å². The lowest BCUT2D eigenvalue weighted by molar-refractivity contribution is -0.102. The quantitative estimate of drug-likeness (QED) is 0.745. The Bertz CT molecular complexity index is 492. The Morgan fingerprint density at radius 2 is 1.88 bits per heavy atom. The zero-order valence-electron chi connectivity index (χ0n) is 11.0. The van der Waals surface area contributed by atoms with E-state index in [-0.39, 0.29) is 5.41 Å². The molecule has 0 aromatic heterocycles. The molecule has 0 radical (unpaired) electrons. The van der Waals surface area contributed by atoms with Crippen LogP contribution in [0.4, 0.5) is 0 Å². The fourth-order valence-corrected chi connectivity index (χ4v) is 3.57. The molecule has 1 aromatic rings. The standard InChI is InChI=1S/C15H20O2/c1-10-5-6-11-12(9-10)17-15(4)13(11,2)7-8-14(15,3)16/h5-6,9,16H,7-8H2,1-4H3/t13-,14-,15+/m0/s1. The highest BCUT2D eigenvalue weighted by Crippen LogP contribution is 2.61. The SMILES string of the molecule is Cc1ccc2c(c1)O[C@@]1(C)[C@@](C)(O)CC[C@@]21C. The van der Waals surface area contributed by atoms with E-state index in [0.29, 0.717) is 0 Å². The van der Waals surface area contributed by atoms with Gasteiger partial charge in [0.15, 0.2) is 0 Å². The van der Waals surface area contributed by atoms with Gasteiger partial charge in [-0.2, -0.15) is 0 Å². The molecule has 0 amide bonds. The Balaban J connectivity index is 2.21. The molecule has 1 heterocycles. The van der Waals surface area contributed by atoms with Gasteiger partial charge >= 0.3 is 0 Å². The number of hydrogen-bond acceptors (Lipinski definition) is 2. The van der Waals surface area contributed by atoms with E-state index in [1.165, 1.54) is 11.1 Å². The number of ether oxygens (including phenoxy) is 1. The van der Waals surface area contributed by atoms with Crippen LogP contribution in [0.5, 0.6) is 5.75 Å². The van der Waals surface area contributed by atoms with Crippen molar-refractivity contribution in [3.63, 3.8) is 0 Å². The maximum absolute atomic E-state index is 10.6. The van der Waals surface area contributed by atoms with Crippen LogP contribution >= 0.6 is 0 Å². The second-order valence-electron chi connectivity index (χ2n) is 6.24. The fourth-order valence-electron chi connectivity index (χ4n) is 3.57. The van der Waals surface area contributed by atoms with Gasteiger partial charge in [-0.1, -0.05) is 19.1 Å². The summed E-state index contributed by atoms with van der Waals surface area (Å²) in [7, 11) is 0. The third-order valence-electron chi connectivity index (χ3n) is 5.24. The summed E-state index contributed by atoms with van der Waals surface area (Å²) < 4.78 is 6.17. The van der Waals surface area contributed by atoms with Gasteiger partial charge in [0.2, 0.25) is 0 Å². The minimum Gasteiger partial charge on any atom is -0.483 e. The van der Waals surface area contributed by atoms with Crippen molar-refractivity contribution in [2.75, 3.05) is 0 Å². The monoisotopic (exact) mass is 232 g/mol. The van der Waals surface area contributed by atoms with Crippen LogP contribution in [0.2, 0.25) is 0 Å². The van der Waals surface area contributed by atoms with Gasteiger partial charge in [-0.05, 0) is 45.2 Å².